The first-order valence-electron chi connectivity index (χ1n) is 8.59. The molecule has 0 spiro atoms. The van der Waals surface area contributed by atoms with Gasteiger partial charge in [0, 0.05) is 4.88 Å². The highest BCUT2D eigenvalue weighted by molar-refractivity contribution is 7.14. The van der Waals surface area contributed by atoms with Crippen molar-refractivity contribution in [2.45, 2.75) is 52.5 Å². The van der Waals surface area contributed by atoms with Gasteiger partial charge in [-0.05, 0) is 42.7 Å². The molecule has 25 heavy (non-hydrogen) atoms. The molecule has 0 saturated heterocycles. The van der Waals surface area contributed by atoms with Crippen LogP contribution >= 0.6 is 11.3 Å². The Kier molecular flexibility index (Phi) is 6.41. The predicted octanol–water partition coefficient (Wildman–Crippen LogP) is 1.72. The lowest BCUT2D eigenvalue weighted by molar-refractivity contribution is -0.124. The fourth-order valence-corrected chi connectivity index (χ4v) is 4.11. The molecular formula is C17H26N4O3S. The van der Waals surface area contributed by atoms with Crippen LogP contribution in [-0.2, 0) is 17.6 Å². The maximum absolute atomic E-state index is 12.3. The SMILES string of the molecule is CC[C@@H]1CCc2sc(C(=O)NNC(=O)[C@H](NC(N)=O)C(C)C)cc2C1. The van der Waals surface area contributed by atoms with E-state index in [0.29, 0.717) is 10.8 Å². The summed E-state index contributed by atoms with van der Waals surface area (Å²) in [6.45, 7) is 5.75. The summed E-state index contributed by atoms with van der Waals surface area (Å²) >= 11 is 1.48. The molecule has 2 atom stereocenters. The first-order valence-corrected chi connectivity index (χ1v) is 9.41. The molecule has 0 saturated carbocycles. The van der Waals surface area contributed by atoms with Crippen LogP contribution in [0, 0.1) is 11.8 Å². The number of hydrogen-bond acceptors (Lipinski definition) is 4. The summed E-state index contributed by atoms with van der Waals surface area (Å²) in [5, 5.41) is 2.37. The van der Waals surface area contributed by atoms with Crippen molar-refractivity contribution in [3.63, 3.8) is 0 Å². The van der Waals surface area contributed by atoms with Crippen molar-refractivity contribution in [2.75, 3.05) is 0 Å². The number of thiophene rings is 1. The van der Waals surface area contributed by atoms with Gasteiger partial charge in [0.15, 0.2) is 0 Å². The van der Waals surface area contributed by atoms with Crippen molar-refractivity contribution in [1.29, 1.82) is 0 Å². The molecule has 1 aromatic heterocycles. The van der Waals surface area contributed by atoms with Crippen LogP contribution in [0.1, 0.15) is 53.7 Å². The van der Waals surface area contributed by atoms with E-state index in [1.807, 2.05) is 6.07 Å². The molecule has 5 N–H and O–H groups in total. The van der Waals surface area contributed by atoms with Crippen LogP contribution in [0.4, 0.5) is 4.79 Å². The van der Waals surface area contributed by atoms with E-state index in [-0.39, 0.29) is 11.8 Å². The molecule has 8 heteroatoms. The molecule has 1 heterocycles. The largest absolute Gasteiger partial charge is 0.352 e. The van der Waals surface area contributed by atoms with Gasteiger partial charge in [0.1, 0.15) is 6.04 Å². The monoisotopic (exact) mass is 366 g/mol. The smallest absolute Gasteiger partial charge is 0.312 e. The molecule has 0 unspecified atom stereocenters. The van der Waals surface area contributed by atoms with Crippen molar-refractivity contribution < 1.29 is 14.4 Å². The van der Waals surface area contributed by atoms with Crippen molar-refractivity contribution in [3.8, 4) is 0 Å². The number of carbonyl (C=O) groups is 3. The van der Waals surface area contributed by atoms with Crippen molar-refractivity contribution >= 4 is 29.2 Å². The molecule has 1 aromatic rings. The number of hydrazine groups is 1. The molecule has 0 fully saturated rings. The summed E-state index contributed by atoms with van der Waals surface area (Å²) in [4.78, 5) is 37.3. The Hall–Kier alpha value is -2.09. The number of fused-ring (bicyclic) bond motifs is 1. The lowest BCUT2D eigenvalue weighted by Gasteiger charge is -2.20. The number of hydrogen-bond donors (Lipinski definition) is 4. The summed E-state index contributed by atoms with van der Waals surface area (Å²) < 4.78 is 0. The Bertz CT molecular complexity index is 656. The van der Waals surface area contributed by atoms with Crippen molar-refractivity contribution in [2.24, 2.45) is 17.6 Å². The van der Waals surface area contributed by atoms with E-state index in [9.17, 15) is 14.4 Å². The number of aryl methyl sites for hydroxylation is 1. The third-order valence-electron chi connectivity index (χ3n) is 4.53. The molecule has 7 nitrogen and oxygen atoms in total. The van der Waals surface area contributed by atoms with E-state index in [1.54, 1.807) is 13.8 Å². The maximum Gasteiger partial charge on any atom is 0.312 e. The summed E-state index contributed by atoms with van der Waals surface area (Å²) in [6, 6.07) is 0.335. The van der Waals surface area contributed by atoms with E-state index in [2.05, 4.69) is 23.1 Å². The van der Waals surface area contributed by atoms with E-state index < -0.39 is 18.0 Å². The predicted molar refractivity (Wildman–Crippen MR) is 97.1 cm³/mol. The highest BCUT2D eigenvalue weighted by Crippen LogP contribution is 2.33. The third-order valence-corrected chi connectivity index (χ3v) is 5.77. The van der Waals surface area contributed by atoms with Gasteiger partial charge in [-0.2, -0.15) is 0 Å². The topological polar surface area (TPSA) is 113 Å². The number of nitrogens with two attached hydrogens (primary N) is 1. The Morgan fingerprint density at radius 3 is 2.64 bits per heavy atom. The second-order valence-electron chi connectivity index (χ2n) is 6.75. The number of urea groups is 1. The quantitative estimate of drug-likeness (QED) is 0.595. The van der Waals surface area contributed by atoms with E-state index in [4.69, 9.17) is 5.73 Å². The van der Waals surface area contributed by atoms with Crippen LogP contribution in [0.3, 0.4) is 0 Å². The molecular weight excluding hydrogens is 340 g/mol. The zero-order chi connectivity index (χ0) is 18.6. The fraction of sp³-hybridized carbons (Fsp3) is 0.588. The molecule has 1 aliphatic rings. The minimum absolute atomic E-state index is 0.163. The van der Waals surface area contributed by atoms with Gasteiger partial charge in [-0.1, -0.05) is 27.2 Å². The van der Waals surface area contributed by atoms with Crippen LogP contribution < -0.4 is 21.9 Å². The normalized spacial score (nSPS) is 17.5. The number of primary amides is 1. The molecule has 2 rings (SSSR count). The molecule has 4 amide bonds. The highest BCUT2D eigenvalue weighted by atomic mass is 32.1. The van der Waals surface area contributed by atoms with Gasteiger partial charge in [-0.25, -0.2) is 4.79 Å². The molecule has 0 bridgehead atoms. The minimum atomic E-state index is -0.806. The molecule has 0 radical (unpaired) electrons. The lowest BCUT2D eigenvalue weighted by atomic mass is 9.87. The van der Waals surface area contributed by atoms with Gasteiger partial charge in [0.2, 0.25) is 0 Å². The summed E-state index contributed by atoms with van der Waals surface area (Å²) in [7, 11) is 0. The standard InChI is InChI=1S/C17H26N4O3S/c1-4-10-5-6-12-11(7-10)8-13(25-12)15(22)20-21-16(23)14(9(2)3)19-17(18)24/h8-10,14H,4-7H2,1-3H3,(H,20,22)(H,21,23)(H3,18,19,24)/t10-,14-/m1/s1. The van der Waals surface area contributed by atoms with Gasteiger partial charge < -0.3 is 11.1 Å². The number of amides is 4. The van der Waals surface area contributed by atoms with Crippen LogP contribution in [0.5, 0.6) is 0 Å². The van der Waals surface area contributed by atoms with Crippen LogP contribution in [0.25, 0.3) is 0 Å². The zero-order valence-corrected chi connectivity index (χ0v) is 15.7. The average molecular weight is 366 g/mol. The van der Waals surface area contributed by atoms with Gasteiger partial charge >= 0.3 is 6.03 Å². The Labute approximate surface area is 151 Å². The lowest BCUT2D eigenvalue weighted by Crippen LogP contribution is -2.55. The molecule has 0 aliphatic heterocycles. The van der Waals surface area contributed by atoms with Gasteiger partial charge in [0.25, 0.3) is 11.8 Å². The fourth-order valence-electron chi connectivity index (χ4n) is 3.01. The zero-order valence-electron chi connectivity index (χ0n) is 14.8. The Morgan fingerprint density at radius 1 is 1.32 bits per heavy atom. The van der Waals surface area contributed by atoms with Crippen LogP contribution in [-0.4, -0.2) is 23.9 Å². The maximum atomic E-state index is 12.3. The van der Waals surface area contributed by atoms with Crippen molar-refractivity contribution in [1.82, 2.24) is 16.2 Å². The minimum Gasteiger partial charge on any atom is -0.352 e. The average Bonchev–Trinajstić information content (AvgIpc) is 2.99. The van der Waals surface area contributed by atoms with Gasteiger partial charge in [0.05, 0.1) is 4.88 Å². The first kappa shape index (κ1) is 19.2. The highest BCUT2D eigenvalue weighted by Gasteiger charge is 2.25. The van der Waals surface area contributed by atoms with Crippen LogP contribution in [0.2, 0.25) is 0 Å². The van der Waals surface area contributed by atoms with E-state index in [1.165, 1.54) is 21.8 Å². The van der Waals surface area contributed by atoms with E-state index in [0.717, 1.165) is 25.7 Å². The second-order valence-corrected chi connectivity index (χ2v) is 7.89. The summed E-state index contributed by atoms with van der Waals surface area (Å²) in [5.41, 5.74) is 11.1. The number of rotatable bonds is 5. The molecule has 0 aromatic carbocycles. The number of carbonyl (C=O) groups excluding carboxylic acids is 3. The summed E-state index contributed by atoms with van der Waals surface area (Å²) in [6.07, 6.45) is 4.34. The molecule has 1 aliphatic carbocycles. The van der Waals surface area contributed by atoms with Gasteiger partial charge in [-0.3, -0.25) is 20.4 Å². The van der Waals surface area contributed by atoms with Gasteiger partial charge in [-0.15, -0.1) is 11.3 Å². The summed E-state index contributed by atoms with van der Waals surface area (Å²) in [5.74, 6) is -0.328. The Morgan fingerprint density at radius 2 is 2.04 bits per heavy atom. The van der Waals surface area contributed by atoms with E-state index >= 15 is 0 Å². The molecule has 138 valence electrons. The third kappa shape index (κ3) is 4.94. The first-order chi connectivity index (χ1) is 11.8. The second kappa shape index (κ2) is 8.33. The Balaban J connectivity index is 1.95. The number of nitrogens with one attached hydrogen (secondary N) is 3. The van der Waals surface area contributed by atoms with Crippen molar-refractivity contribution in [3.05, 3.63) is 21.4 Å². The van der Waals surface area contributed by atoms with Crippen LogP contribution in [0.15, 0.2) is 6.07 Å².